The first-order chi connectivity index (χ1) is 15.1. The minimum absolute atomic E-state index is 0.0445. The molecule has 1 saturated heterocycles. The minimum atomic E-state index is -3.79. The number of nitrogens with one attached hydrogen (secondary N) is 1. The summed E-state index contributed by atoms with van der Waals surface area (Å²) in [4.78, 5) is 26.7. The van der Waals surface area contributed by atoms with E-state index in [2.05, 4.69) is 5.32 Å². The molecule has 1 aliphatic rings. The zero-order valence-corrected chi connectivity index (χ0v) is 20.3. The van der Waals surface area contributed by atoms with E-state index in [0.29, 0.717) is 36.9 Å². The summed E-state index contributed by atoms with van der Waals surface area (Å²) < 4.78 is 22.9. The first-order valence-corrected chi connectivity index (χ1v) is 12.7. The molecular weight excluding hydrogens is 513 g/mol. The van der Waals surface area contributed by atoms with E-state index in [9.17, 15) is 18.0 Å². The summed E-state index contributed by atoms with van der Waals surface area (Å²) >= 11 is 18.7. The number of carbonyl (C=O) groups is 2. The highest BCUT2D eigenvalue weighted by atomic mass is 35.5. The highest BCUT2D eigenvalue weighted by Crippen LogP contribution is 2.35. The van der Waals surface area contributed by atoms with Crippen molar-refractivity contribution in [2.24, 2.45) is 5.14 Å². The van der Waals surface area contributed by atoms with Crippen LogP contribution in [0.5, 0.6) is 0 Å². The SMILES string of the molecule is NS(=O)(=O)c1ccc(NC(=O)CCCN2C(=O)/C(=C/c3cccc(Cl)c3Cl)SC2=S)cc1. The van der Waals surface area contributed by atoms with E-state index < -0.39 is 10.0 Å². The Morgan fingerprint density at radius 2 is 1.88 bits per heavy atom. The van der Waals surface area contributed by atoms with Gasteiger partial charge in [-0.1, -0.05) is 59.3 Å². The Bertz CT molecular complexity index is 1220. The molecule has 7 nitrogen and oxygen atoms in total. The molecule has 2 amide bonds. The zero-order chi connectivity index (χ0) is 23.5. The summed E-state index contributed by atoms with van der Waals surface area (Å²) in [5, 5.41) is 8.46. The van der Waals surface area contributed by atoms with Crippen LogP contribution in [0.25, 0.3) is 6.08 Å². The standard InChI is InChI=1S/C20H17Cl2N3O4S3/c21-15-4-1-3-12(18(15)22)11-16-19(27)25(20(30)31-16)10-2-5-17(26)24-13-6-8-14(9-7-13)32(23,28)29/h1,3-4,6-9,11H,2,5,10H2,(H,24,26)(H2,23,28,29)/b16-11-. The smallest absolute Gasteiger partial charge is 0.266 e. The second-order valence-corrected chi connectivity index (χ2v) is 10.7. The molecule has 0 aromatic heterocycles. The highest BCUT2D eigenvalue weighted by molar-refractivity contribution is 8.26. The summed E-state index contributed by atoms with van der Waals surface area (Å²) in [6, 6.07) is 10.7. The number of carbonyl (C=O) groups excluding carboxylic acids is 2. The second kappa shape index (κ2) is 10.3. The Morgan fingerprint density at radius 1 is 1.19 bits per heavy atom. The number of thioether (sulfide) groups is 1. The molecule has 0 radical (unpaired) electrons. The normalized spacial score (nSPS) is 15.5. The van der Waals surface area contributed by atoms with Crippen molar-refractivity contribution in [3.8, 4) is 0 Å². The fourth-order valence-corrected chi connectivity index (χ4v) is 4.99. The van der Waals surface area contributed by atoms with Gasteiger partial charge in [-0.05, 0) is 48.4 Å². The first kappa shape index (κ1) is 24.7. The van der Waals surface area contributed by atoms with Gasteiger partial charge in [0.15, 0.2) is 0 Å². The number of rotatable bonds is 7. The number of halogens is 2. The Morgan fingerprint density at radius 3 is 2.53 bits per heavy atom. The van der Waals surface area contributed by atoms with E-state index in [4.69, 9.17) is 40.6 Å². The minimum Gasteiger partial charge on any atom is -0.326 e. The van der Waals surface area contributed by atoms with E-state index in [0.717, 1.165) is 11.8 Å². The van der Waals surface area contributed by atoms with Gasteiger partial charge in [-0.15, -0.1) is 0 Å². The van der Waals surface area contributed by atoms with Crippen molar-refractivity contribution in [1.82, 2.24) is 4.90 Å². The second-order valence-electron chi connectivity index (χ2n) is 6.70. The molecule has 3 N–H and O–H groups in total. The van der Waals surface area contributed by atoms with Gasteiger partial charge in [0.1, 0.15) is 4.32 Å². The van der Waals surface area contributed by atoms with Gasteiger partial charge in [0.2, 0.25) is 15.9 Å². The lowest BCUT2D eigenvalue weighted by molar-refractivity contribution is -0.122. The number of anilines is 1. The Hall–Kier alpha value is -1.95. The van der Waals surface area contributed by atoms with Crippen molar-refractivity contribution >= 4 is 85.1 Å². The molecule has 1 aliphatic heterocycles. The quantitative estimate of drug-likeness (QED) is 0.409. The number of hydrogen-bond acceptors (Lipinski definition) is 6. The molecule has 0 unspecified atom stereocenters. The third kappa shape index (κ3) is 6.09. The van der Waals surface area contributed by atoms with Gasteiger partial charge in [-0.3, -0.25) is 14.5 Å². The molecule has 0 atom stereocenters. The number of hydrogen-bond donors (Lipinski definition) is 2. The van der Waals surface area contributed by atoms with Gasteiger partial charge in [0.05, 0.1) is 19.8 Å². The van der Waals surface area contributed by atoms with Crippen molar-refractivity contribution in [2.45, 2.75) is 17.7 Å². The van der Waals surface area contributed by atoms with E-state index in [1.54, 1.807) is 24.3 Å². The third-order valence-corrected chi connectivity index (χ3v) is 7.53. The predicted molar refractivity (Wildman–Crippen MR) is 132 cm³/mol. The van der Waals surface area contributed by atoms with Gasteiger partial charge in [-0.25, -0.2) is 13.6 Å². The maximum absolute atomic E-state index is 12.7. The Kier molecular flexibility index (Phi) is 7.97. The molecule has 3 rings (SSSR count). The van der Waals surface area contributed by atoms with E-state index in [1.165, 1.54) is 29.2 Å². The molecule has 2 aromatic rings. The molecule has 0 spiro atoms. The van der Waals surface area contributed by atoms with Crippen molar-refractivity contribution in [2.75, 3.05) is 11.9 Å². The molecule has 0 saturated carbocycles. The number of nitrogens with zero attached hydrogens (tertiary/aromatic N) is 1. The Labute approximate surface area is 205 Å². The summed E-state index contributed by atoms with van der Waals surface area (Å²) in [5.41, 5.74) is 1.06. The number of sulfonamides is 1. The predicted octanol–water partition coefficient (Wildman–Crippen LogP) is 4.26. The molecule has 1 fully saturated rings. The molecule has 32 heavy (non-hydrogen) atoms. The maximum Gasteiger partial charge on any atom is 0.266 e. The molecule has 168 valence electrons. The van der Waals surface area contributed by atoms with Gasteiger partial charge in [0.25, 0.3) is 5.91 Å². The van der Waals surface area contributed by atoms with Crippen LogP contribution in [-0.4, -0.2) is 36.0 Å². The topological polar surface area (TPSA) is 110 Å². The lowest BCUT2D eigenvalue weighted by Gasteiger charge is -2.14. The number of thiocarbonyl (C=S) groups is 1. The van der Waals surface area contributed by atoms with E-state index in [1.807, 2.05) is 0 Å². The lowest BCUT2D eigenvalue weighted by atomic mass is 10.2. The van der Waals surface area contributed by atoms with Crippen LogP contribution in [0, 0.1) is 0 Å². The lowest BCUT2D eigenvalue weighted by Crippen LogP contribution is -2.29. The first-order valence-electron chi connectivity index (χ1n) is 9.18. The van der Waals surface area contributed by atoms with Crippen LogP contribution in [0.1, 0.15) is 18.4 Å². The molecule has 0 bridgehead atoms. The average Bonchev–Trinajstić information content (AvgIpc) is 2.98. The highest BCUT2D eigenvalue weighted by Gasteiger charge is 2.31. The summed E-state index contributed by atoms with van der Waals surface area (Å²) in [6.45, 7) is 0.281. The van der Waals surface area contributed by atoms with E-state index in [-0.39, 0.29) is 29.7 Å². The maximum atomic E-state index is 12.7. The van der Waals surface area contributed by atoms with Crippen LogP contribution >= 0.6 is 47.2 Å². The van der Waals surface area contributed by atoms with Gasteiger partial charge in [0, 0.05) is 18.7 Å². The molecule has 0 aliphatic carbocycles. The fourth-order valence-electron chi connectivity index (χ4n) is 2.82. The van der Waals surface area contributed by atoms with Gasteiger partial charge >= 0.3 is 0 Å². The van der Waals surface area contributed by atoms with Gasteiger partial charge < -0.3 is 5.32 Å². The van der Waals surface area contributed by atoms with Crippen LogP contribution in [-0.2, 0) is 19.6 Å². The third-order valence-electron chi connectivity index (χ3n) is 4.39. The summed E-state index contributed by atoms with van der Waals surface area (Å²) in [7, 11) is -3.79. The Balaban J connectivity index is 1.55. The van der Waals surface area contributed by atoms with Crippen molar-refractivity contribution < 1.29 is 18.0 Å². The summed E-state index contributed by atoms with van der Waals surface area (Å²) in [6.07, 6.45) is 2.18. The van der Waals surface area contributed by atoms with Crippen LogP contribution in [0.2, 0.25) is 10.0 Å². The molecule has 2 aromatic carbocycles. The average molecular weight is 530 g/mol. The monoisotopic (exact) mass is 529 g/mol. The van der Waals surface area contributed by atoms with Gasteiger partial charge in [-0.2, -0.15) is 0 Å². The molecular formula is C20H17Cl2N3O4S3. The number of nitrogens with two attached hydrogens (primary N) is 1. The number of amides is 2. The molecule has 1 heterocycles. The number of primary sulfonamides is 1. The van der Waals surface area contributed by atoms with Crippen molar-refractivity contribution in [3.05, 3.63) is 63.0 Å². The summed E-state index contributed by atoms with van der Waals surface area (Å²) in [5.74, 6) is -0.532. The number of benzene rings is 2. The van der Waals surface area contributed by atoms with Crippen LogP contribution in [0.4, 0.5) is 5.69 Å². The van der Waals surface area contributed by atoms with Crippen LogP contribution < -0.4 is 10.5 Å². The molecule has 12 heteroatoms. The van der Waals surface area contributed by atoms with Crippen molar-refractivity contribution in [3.63, 3.8) is 0 Å². The van der Waals surface area contributed by atoms with Crippen LogP contribution in [0.15, 0.2) is 52.3 Å². The van der Waals surface area contributed by atoms with Crippen molar-refractivity contribution in [1.29, 1.82) is 0 Å². The van der Waals surface area contributed by atoms with E-state index >= 15 is 0 Å². The largest absolute Gasteiger partial charge is 0.326 e. The zero-order valence-electron chi connectivity index (χ0n) is 16.4. The fraction of sp³-hybridized carbons (Fsp3) is 0.150. The van der Waals surface area contributed by atoms with Crippen LogP contribution in [0.3, 0.4) is 0 Å².